The molecule has 0 radical (unpaired) electrons. The molecule has 0 aliphatic heterocycles. The Bertz CT molecular complexity index is 595. The smallest absolute Gasteiger partial charge is 0.170 e. The van der Waals surface area contributed by atoms with Gasteiger partial charge in [-0.2, -0.15) is 4.68 Å². The van der Waals surface area contributed by atoms with Crippen molar-refractivity contribution in [2.45, 2.75) is 32.9 Å². The summed E-state index contributed by atoms with van der Waals surface area (Å²) in [6.07, 6.45) is 0. The summed E-state index contributed by atoms with van der Waals surface area (Å²) in [5, 5.41) is 15.3. The van der Waals surface area contributed by atoms with Gasteiger partial charge in [0, 0.05) is 19.0 Å². The molecule has 8 heteroatoms. The molecule has 2 aromatic rings. The highest BCUT2D eigenvalue weighted by Gasteiger charge is 2.17. The van der Waals surface area contributed by atoms with Crippen LogP contribution in [-0.4, -0.2) is 25.7 Å². The predicted molar refractivity (Wildman–Crippen MR) is 88.8 cm³/mol. The summed E-state index contributed by atoms with van der Waals surface area (Å²) in [5.41, 5.74) is 0.884. The first kappa shape index (κ1) is 16.1. The van der Waals surface area contributed by atoms with E-state index in [-0.39, 0.29) is 5.54 Å². The summed E-state index contributed by atoms with van der Waals surface area (Å²) >= 11 is 10.5. The molecule has 0 aliphatic rings. The molecule has 1 aromatic carbocycles. The van der Waals surface area contributed by atoms with Crippen LogP contribution in [0.5, 0.6) is 0 Å². The molecule has 108 valence electrons. The minimum Gasteiger partial charge on any atom is -0.305 e. The number of tetrazole rings is 1. The first-order chi connectivity index (χ1) is 9.28. The van der Waals surface area contributed by atoms with Crippen LogP contribution in [0.3, 0.4) is 0 Å². The van der Waals surface area contributed by atoms with Gasteiger partial charge in [0.1, 0.15) is 0 Å². The van der Waals surface area contributed by atoms with E-state index < -0.39 is 0 Å². The number of hydrogen-bond donors (Lipinski definition) is 1. The Balaban J connectivity index is 2.38. The topological polar surface area (TPSA) is 55.6 Å². The molecule has 0 atom stereocenters. The van der Waals surface area contributed by atoms with Crippen LogP contribution in [0.1, 0.15) is 26.6 Å². The molecule has 0 unspecified atom stereocenters. The largest absolute Gasteiger partial charge is 0.305 e. The van der Waals surface area contributed by atoms with Gasteiger partial charge >= 0.3 is 0 Å². The molecule has 0 spiro atoms. The van der Waals surface area contributed by atoms with Gasteiger partial charge in [0.15, 0.2) is 5.82 Å². The summed E-state index contributed by atoms with van der Waals surface area (Å²) in [7, 11) is 0. The number of rotatable bonds is 3. The quantitative estimate of drug-likeness (QED) is 0.745. The molecule has 0 aliphatic carbocycles. The zero-order chi connectivity index (χ0) is 14.9. The third-order valence-corrected chi connectivity index (χ3v) is 4.17. The summed E-state index contributed by atoms with van der Waals surface area (Å²) in [4.78, 5) is 0. The Hall–Kier alpha value is -0.310. The van der Waals surface area contributed by atoms with Crippen molar-refractivity contribution >= 4 is 47.8 Å². The van der Waals surface area contributed by atoms with Crippen LogP contribution in [-0.2, 0) is 6.54 Å². The van der Waals surface area contributed by atoms with E-state index in [1.54, 1.807) is 4.68 Å². The van der Waals surface area contributed by atoms with Crippen molar-refractivity contribution in [2.24, 2.45) is 0 Å². The summed E-state index contributed by atoms with van der Waals surface area (Å²) in [6, 6.07) is 3.92. The van der Waals surface area contributed by atoms with Crippen LogP contribution in [0.25, 0.3) is 5.69 Å². The third kappa shape index (κ3) is 3.87. The van der Waals surface area contributed by atoms with Crippen molar-refractivity contribution in [3.8, 4) is 5.69 Å². The molecule has 0 saturated carbocycles. The van der Waals surface area contributed by atoms with Crippen molar-refractivity contribution in [3.63, 3.8) is 0 Å². The molecule has 1 heterocycles. The fourth-order valence-electron chi connectivity index (χ4n) is 1.57. The van der Waals surface area contributed by atoms with E-state index >= 15 is 0 Å². The van der Waals surface area contributed by atoms with Crippen LogP contribution >= 0.6 is 47.8 Å². The molecule has 0 amide bonds. The zero-order valence-electron chi connectivity index (χ0n) is 11.3. The fraction of sp³-hybridized carbons (Fsp3) is 0.417. The molecular weight excluding hydrogens is 454 g/mol. The average molecular weight is 468 g/mol. The highest BCUT2D eigenvalue weighted by Crippen LogP contribution is 2.32. The number of halogens is 3. The van der Waals surface area contributed by atoms with Crippen LogP contribution in [0.2, 0.25) is 0 Å². The molecule has 0 fully saturated rings. The average Bonchev–Trinajstić information content (AvgIpc) is 2.72. The van der Waals surface area contributed by atoms with Gasteiger partial charge in [-0.15, -0.1) is 5.10 Å². The Morgan fingerprint density at radius 2 is 1.75 bits per heavy atom. The maximum Gasteiger partial charge on any atom is 0.170 e. The number of nitrogens with zero attached hydrogens (tertiary/aromatic N) is 4. The first-order valence-electron chi connectivity index (χ1n) is 5.95. The van der Waals surface area contributed by atoms with E-state index in [2.05, 4.69) is 89.4 Å². The standard InChI is InChI=1S/C12H14Br3N5/c1-12(2,3)16-6-10-17-18-19-20(10)11-8(14)4-7(13)5-9(11)15/h4-5,16H,6H2,1-3H3. The highest BCUT2D eigenvalue weighted by atomic mass is 79.9. The van der Waals surface area contributed by atoms with Crippen LogP contribution in [0.4, 0.5) is 0 Å². The molecule has 1 N–H and O–H groups in total. The normalized spacial score (nSPS) is 11.9. The SMILES string of the molecule is CC(C)(C)NCc1nnnn1-c1c(Br)cc(Br)cc1Br. The minimum atomic E-state index is 0.00492. The Morgan fingerprint density at radius 1 is 1.15 bits per heavy atom. The van der Waals surface area contributed by atoms with Gasteiger partial charge in [-0.25, -0.2) is 0 Å². The Morgan fingerprint density at radius 3 is 2.30 bits per heavy atom. The maximum atomic E-state index is 4.09. The molecule has 2 rings (SSSR count). The molecule has 20 heavy (non-hydrogen) atoms. The van der Waals surface area contributed by atoms with E-state index in [9.17, 15) is 0 Å². The van der Waals surface area contributed by atoms with Gasteiger partial charge in [-0.05, 0) is 75.2 Å². The summed E-state index contributed by atoms with van der Waals surface area (Å²) in [6.45, 7) is 6.90. The summed E-state index contributed by atoms with van der Waals surface area (Å²) < 4.78 is 4.51. The van der Waals surface area contributed by atoms with Crippen molar-refractivity contribution in [1.82, 2.24) is 25.5 Å². The monoisotopic (exact) mass is 465 g/mol. The van der Waals surface area contributed by atoms with Crippen LogP contribution in [0.15, 0.2) is 25.6 Å². The zero-order valence-corrected chi connectivity index (χ0v) is 16.0. The lowest BCUT2D eigenvalue weighted by molar-refractivity contribution is 0.415. The molecule has 5 nitrogen and oxygen atoms in total. The highest BCUT2D eigenvalue weighted by molar-refractivity contribution is 9.11. The third-order valence-electron chi connectivity index (χ3n) is 2.50. The van der Waals surface area contributed by atoms with Gasteiger partial charge < -0.3 is 5.32 Å². The second kappa shape index (κ2) is 6.21. The Labute approximate surface area is 142 Å². The second-order valence-electron chi connectivity index (χ2n) is 5.33. The molecular formula is C12H14Br3N5. The molecule has 1 aromatic heterocycles. The van der Waals surface area contributed by atoms with Gasteiger partial charge in [0.2, 0.25) is 0 Å². The van der Waals surface area contributed by atoms with E-state index in [1.165, 1.54) is 0 Å². The van der Waals surface area contributed by atoms with E-state index in [4.69, 9.17) is 0 Å². The first-order valence-corrected chi connectivity index (χ1v) is 8.33. The number of nitrogens with one attached hydrogen (secondary N) is 1. The number of aromatic nitrogens is 4. The second-order valence-corrected chi connectivity index (χ2v) is 7.95. The Kier molecular flexibility index (Phi) is 4.99. The van der Waals surface area contributed by atoms with Crippen molar-refractivity contribution in [1.29, 1.82) is 0 Å². The maximum absolute atomic E-state index is 4.09. The lowest BCUT2D eigenvalue weighted by Crippen LogP contribution is -2.36. The van der Waals surface area contributed by atoms with Crippen LogP contribution in [0, 0.1) is 0 Å². The molecule has 0 saturated heterocycles. The summed E-state index contributed by atoms with van der Waals surface area (Å²) in [5.74, 6) is 0.753. The van der Waals surface area contributed by atoms with Crippen molar-refractivity contribution in [3.05, 3.63) is 31.4 Å². The van der Waals surface area contributed by atoms with E-state index in [1.807, 2.05) is 12.1 Å². The number of benzene rings is 1. The number of hydrogen-bond acceptors (Lipinski definition) is 4. The van der Waals surface area contributed by atoms with E-state index in [0.717, 1.165) is 24.9 Å². The lowest BCUT2D eigenvalue weighted by atomic mass is 10.1. The fourth-order valence-corrected chi connectivity index (χ4v) is 4.17. The van der Waals surface area contributed by atoms with Gasteiger partial charge in [0.05, 0.1) is 12.2 Å². The predicted octanol–water partition coefficient (Wildman–Crippen LogP) is 3.84. The van der Waals surface area contributed by atoms with E-state index in [0.29, 0.717) is 6.54 Å². The van der Waals surface area contributed by atoms with Gasteiger partial charge in [0.25, 0.3) is 0 Å². The van der Waals surface area contributed by atoms with Gasteiger partial charge in [-0.1, -0.05) is 15.9 Å². The van der Waals surface area contributed by atoms with Crippen molar-refractivity contribution < 1.29 is 0 Å². The van der Waals surface area contributed by atoms with Crippen LogP contribution < -0.4 is 5.32 Å². The van der Waals surface area contributed by atoms with Crippen molar-refractivity contribution in [2.75, 3.05) is 0 Å². The molecule has 0 bridgehead atoms. The minimum absolute atomic E-state index is 0.00492. The van der Waals surface area contributed by atoms with Gasteiger partial charge in [-0.3, -0.25) is 0 Å². The lowest BCUT2D eigenvalue weighted by Gasteiger charge is -2.20.